The number of aliphatic imine (C=N–C) groups is 1. The van der Waals surface area contributed by atoms with E-state index in [4.69, 9.17) is 16.3 Å². The van der Waals surface area contributed by atoms with Crippen molar-refractivity contribution in [1.29, 1.82) is 0 Å². The Kier molecular flexibility index (Phi) is 6.06. The van der Waals surface area contributed by atoms with Crippen LogP contribution < -0.4 is 15.0 Å². The number of anilines is 2. The molecule has 0 aromatic heterocycles. The van der Waals surface area contributed by atoms with E-state index < -0.39 is 0 Å². The van der Waals surface area contributed by atoms with Crippen LogP contribution in [0.4, 0.5) is 16.2 Å². The highest BCUT2D eigenvalue weighted by molar-refractivity contribution is 8.14. The molecule has 26 heavy (non-hydrogen) atoms. The van der Waals surface area contributed by atoms with E-state index in [-0.39, 0.29) is 12.1 Å². The first-order chi connectivity index (χ1) is 12.6. The highest BCUT2D eigenvalue weighted by Gasteiger charge is 2.29. The molecule has 5 nitrogen and oxygen atoms in total. The van der Waals surface area contributed by atoms with Crippen LogP contribution in [0.2, 0.25) is 5.02 Å². The van der Waals surface area contributed by atoms with Gasteiger partial charge in [0.1, 0.15) is 5.75 Å². The van der Waals surface area contributed by atoms with Gasteiger partial charge in [-0.2, -0.15) is 0 Å². The SMILES string of the molecule is CCOc1ccccc1N(C(=O)Nc1cccc(Cl)c1)C1=N[C@H](C)CS1. The summed E-state index contributed by atoms with van der Waals surface area (Å²) < 4.78 is 5.72. The zero-order valence-corrected chi connectivity index (χ0v) is 16.2. The van der Waals surface area contributed by atoms with Crippen molar-refractivity contribution in [2.45, 2.75) is 19.9 Å². The number of amides is 2. The van der Waals surface area contributed by atoms with E-state index in [0.29, 0.717) is 33.9 Å². The number of para-hydroxylation sites is 2. The van der Waals surface area contributed by atoms with Crippen LogP contribution in [0, 0.1) is 0 Å². The smallest absolute Gasteiger partial charge is 0.332 e. The minimum Gasteiger partial charge on any atom is -0.492 e. The second-order valence-corrected chi connectivity index (χ2v) is 7.17. The van der Waals surface area contributed by atoms with Crippen molar-refractivity contribution in [1.82, 2.24) is 0 Å². The number of amidine groups is 1. The zero-order valence-electron chi connectivity index (χ0n) is 14.6. The van der Waals surface area contributed by atoms with Gasteiger partial charge in [-0.1, -0.05) is 41.6 Å². The third kappa shape index (κ3) is 4.31. The molecule has 136 valence electrons. The van der Waals surface area contributed by atoms with Gasteiger partial charge >= 0.3 is 6.03 Å². The number of carbonyl (C=O) groups is 1. The number of carbonyl (C=O) groups excluding carboxylic acids is 1. The van der Waals surface area contributed by atoms with Gasteiger partial charge in [-0.25, -0.2) is 9.69 Å². The molecule has 7 heteroatoms. The predicted octanol–water partition coefficient (Wildman–Crippen LogP) is 5.27. The van der Waals surface area contributed by atoms with E-state index in [1.807, 2.05) is 38.1 Å². The van der Waals surface area contributed by atoms with Gasteiger partial charge in [0.05, 0.1) is 18.3 Å². The summed E-state index contributed by atoms with van der Waals surface area (Å²) in [5.74, 6) is 1.48. The van der Waals surface area contributed by atoms with E-state index in [2.05, 4.69) is 10.3 Å². The van der Waals surface area contributed by atoms with Crippen molar-refractivity contribution >= 4 is 45.9 Å². The van der Waals surface area contributed by atoms with Crippen LogP contribution in [0.5, 0.6) is 5.75 Å². The van der Waals surface area contributed by atoms with Crippen molar-refractivity contribution in [3.8, 4) is 5.75 Å². The molecule has 0 saturated carbocycles. The van der Waals surface area contributed by atoms with E-state index in [9.17, 15) is 4.79 Å². The molecule has 3 rings (SSSR count). The monoisotopic (exact) mass is 389 g/mol. The Labute approximate surface area is 162 Å². The number of halogens is 1. The lowest BCUT2D eigenvalue weighted by molar-refractivity contribution is 0.259. The number of urea groups is 1. The molecule has 0 unspecified atom stereocenters. The van der Waals surface area contributed by atoms with Gasteiger partial charge < -0.3 is 10.1 Å². The molecular formula is C19H20ClN3O2S. The van der Waals surface area contributed by atoms with Crippen LogP contribution in [0.25, 0.3) is 0 Å². The second kappa shape index (κ2) is 8.47. The van der Waals surface area contributed by atoms with Crippen LogP contribution in [-0.2, 0) is 0 Å². The van der Waals surface area contributed by atoms with Crippen molar-refractivity contribution in [2.24, 2.45) is 4.99 Å². The Bertz CT molecular complexity index is 828. The van der Waals surface area contributed by atoms with Crippen LogP contribution in [0.15, 0.2) is 53.5 Å². The van der Waals surface area contributed by atoms with Crippen LogP contribution in [0.1, 0.15) is 13.8 Å². The third-order valence-electron chi connectivity index (χ3n) is 3.66. The minimum absolute atomic E-state index is 0.163. The summed E-state index contributed by atoms with van der Waals surface area (Å²) in [6.07, 6.45) is 0. The zero-order chi connectivity index (χ0) is 18.5. The quantitative estimate of drug-likeness (QED) is 0.775. The van der Waals surface area contributed by atoms with Crippen molar-refractivity contribution in [3.05, 3.63) is 53.6 Å². The van der Waals surface area contributed by atoms with Crippen molar-refractivity contribution < 1.29 is 9.53 Å². The first-order valence-electron chi connectivity index (χ1n) is 8.37. The fourth-order valence-electron chi connectivity index (χ4n) is 2.54. The number of thioether (sulfide) groups is 1. The number of nitrogens with zero attached hydrogens (tertiary/aromatic N) is 2. The molecule has 2 aromatic rings. The summed E-state index contributed by atoms with van der Waals surface area (Å²) in [5, 5.41) is 4.11. The van der Waals surface area contributed by atoms with Crippen molar-refractivity contribution in [2.75, 3.05) is 22.6 Å². The average molecular weight is 390 g/mol. The van der Waals surface area contributed by atoms with Gasteiger partial charge in [0.2, 0.25) is 0 Å². The van der Waals surface area contributed by atoms with Gasteiger partial charge in [0.25, 0.3) is 0 Å². The molecule has 0 aliphatic carbocycles. The van der Waals surface area contributed by atoms with Crippen LogP contribution in [0.3, 0.4) is 0 Å². The highest BCUT2D eigenvalue weighted by Crippen LogP contribution is 2.33. The Hall–Kier alpha value is -2.18. The Morgan fingerprint density at radius 1 is 1.35 bits per heavy atom. The normalized spacial score (nSPS) is 16.1. The Morgan fingerprint density at radius 3 is 2.85 bits per heavy atom. The van der Waals surface area contributed by atoms with Crippen molar-refractivity contribution in [3.63, 3.8) is 0 Å². The molecule has 2 aromatic carbocycles. The average Bonchev–Trinajstić information content (AvgIpc) is 3.03. The first-order valence-corrected chi connectivity index (χ1v) is 9.74. The van der Waals surface area contributed by atoms with Gasteiger partial charge in [-0.15, -0.1) is 0 Å². The summed E-state index contributed by atoms with van der Waals surface area (Å²) in [5.41, 5.74) is 1.28. The third-order valence-corrected chi connectivity index (χ3v) is 5.09. The minimum atomic E-state index is -0.306. The molecule has 1 aliphatic heterocycles. The molecule has 1 atom stereocenters. The Morgan fingerprint density at radius 2 is 2.15 bits per heavy atom. The van der Waals surface area contributed by atoms with E-state index in [1.54, 1.807) is 40.9 Å². The standard InChI is InChI=1S/C19H20ClN3O2S/c1-3-25-17-10-5-4-9-16(17)23(19-21-13(2)12-26-19)18(24)22-15-8-6-7-14(20)11-15/h4-11,13H,3,12H2,1-2H3,(H,22,24)/t13-/m1/s1. The fourth-order valence-corrected chi connectivity index (χ4v) is 3.76. The number of nitrogens with one attached hydrogen (secondary N) is 1. The number of ether oxygens (including phenoxy) is 1. The van der Waals surface area contributed by atoms with Gasteiger partial charge in [-0.05, 0) is 44.2 Å². The van der Waals surface area contributed by atoms with Gasteiger partial charge in [0.15, 0.2) is 5.17 Å². The maximum absolute atomic E-state index is 13.1. The molecule has 0 bridgehead atoms. The fraction of sp³-hybridized carbons (Fsp3) is 0.263. The summed E-state index contributed by atoms with van der Waals surface area (Å²) >= 11 is 7.58. The summed E-state index contributed by atoms with van der Waals surface area (Å²) in [4.78, 5) is 19.3. The highest BCUT2D eigenvalue weighted by atomic mass is 35.5. The predicted molar refractivity (Wildman–Crippen MR) is 110 cm³/mol. The molecule has 2 amide bonds. The lowest BCUT2D eigenvalue weighted by Crippen LogP contribution is -2.38. The number of hydrogen-bond acceptors (Lipinski definition) is 4. The van der Waals surface area contributed by atoms with E-state index in [1.165, 1.54) is 0 Å². The maximum atomic E-state index is 13.1. The topological polar surface area (TPSA) is 53.9 Å². The summed E-state index contributed by atoms with van der Waals surface area (Å²) in [6.45, 7) is 4.45. The lowest BCUT2D eigenvalue weighted by atomic mass is 10.2. The maximum Gasteiger partial charge on any atom is 0.332 e. The van der Waals surface area contributed by atoms with Gasteiger partial charge in [0, 0.05) is 16.5 Å². The number of benzene rings is 2. The molecule has 1 heterocycles. The molecule has 1 N–H and O–H groups in total. The van der Waals surface area contributed by atoms with E-state index >= 15 is 0 Å². The molecular weight excluding hydrogens is 370 g/mol. The molecule has 0 saturated heterocycles. The molecule has 0 fully saturated rings. The lowest BCUT2D eigenvalue weighted by Gasteiger charge is -2.24. The van der Waals surface area contributed by atoms with Crippen LogP contribution in [-0.4, -0.2) is 29.6 Å². The first kappa shape index (κ1) is 18.6. The number of hydrogen-bond donors (Lipinski definition) is 1. The molecule has 0 radical (unpaired) electrons. The summed E-state index contributed by atoms with van der Waals surface area (Å²) in [7, 11) is 0. The molecule has 1 aliphatic rings. The van der Waals surface area contributed by atoms with Crippen LogP contribution >= 0.6 is 23.4 Å². The van der Waals surface area contributed by atoms with Gasteiger partial charge in [-0.3, -0.25) is 4.99 Å². The summed E-state index contributed by atoms with van der Waals surface area (Å²) in [6, 6.07) is 14.4. The molecule has 0 spiro atoms. The largest absolute Gasteiger partial charge is 0.492 e. The Balaban J connectivity index is 1.96. The number of rotatable bonds is 4. The van der Waals surface area contributed by atoms with E-state index in [0.717, 1.165) is 5.75 Å². The second-order valence-electron chi connectivity index (χ2n) is 5.75.